The molecular weight excluding hydrogens is 467 g/mol. The molecule has 6 nitrogen and oxygen atoms in total. The number of ketones is 1. The lowest BCUT2D eigenvalue weighted by Gasteiger charge is -2.14. The predicted octanol–water partition coefficient (Wildman–Crippen LogP) is 5.30. The normalized spacial score (nSPS) is 11.2. The van der Waals surface area contributed by atoms with E-state index in [4.69, 9.17) is 0 Å². The van der Waals surface area contributed by atoms with Gasteiger partial charge in [-0.2, -0.15) is 0 Å². The summed E-state index contributed by atoms with van der Waals surface area (Å²) in [6.07, 6.45) is 7.50. The SMILES string of the molecule is O=C(CCc1cc2cnccc2[nH]1)Cn1c(-c2ccccc2)cnc(CCCc2ccccc2F)c1=O. The summed E-state index contributed by atoms with van der Waals surface area (Å²) < 4.78 is 15.5. The zero-order chi connectivity index (χ0) is 25.6. The maximum Gasteiger partial charge on any atom is 0.273 e. The summed E-state index contributed by atoms with van der Waals surface area (Å²) in [5.41, 5.74) is 4.08. The Labute approximate surface area is 213 Å². The van der Waals surface area contributed by atoms with Crippen LogP contribution in [0.3, 0.4) is 0 Å². The molecule has 7 heteroatoms. The van der Waals surface area contributed by atoms with Gasteiger partial charge in [0, 0.05) is 35.4 Å². The molecule has 1 N–H and O–H groups in total. The van der Waals surface area contributed by atoms with E-state index in [0.717, 1.165) is 22.2 Å². The Hall–Kier alpha value is -4.39. The first-order valence-electron chi connectivity index (χ1n) is 12.4. The number of carbonyl (C=O) groups excluding carboxylic acids is 1. The zero-order valence-electron chi connectivity index (χ0n) is 20.4. The van der Waals surface area contributed by atoms with Crippen LogP contribution in [-0.4, -0.2) is 25.3 Å². The predicted molar refractivity (Wildman–Crippen MR) is 142 cm³/mol. The largest absolute Gasteiger partial charge is 0.358 e. The molecule has 5 aromatic rings. The number of rotatable bonds is 10. The molecule has 0 aliphatic rings. The minimum absolute atomic E-state index is 0.0340. The molecular formula is C30H27FN4O2. The van der Waals surface area contributed by atoms with E-state index in [2.05, 4.69) is 15.0 Å². The molecule has 186 valence electrons. The van der Waals surface area contributed by atoms with E-state index in [1.165, 1.54) is 10.6 Å². The van der Waals surface area contributed by atoms with E-state index in [1.54, 1.807) is 36.8 Å². The molecule has 3 heterocycles. The van der Waals surface area contributed by atoms with E-state index in [9.17, 15) is 14.0 Å². The van der Waals surface area contributed by atoms with E-state index in [1.807, 2.05) is 42.5 Å². The highest BCUT2D eigenvalue weighted by atomic mass is 19.1. The van der Waals surface area contributed by atoms with Crippen molar-refractivity contribution in [2.24, 2.45) is 0 Å². The number of carbonyl (C=O) groups is 1. The fraction of sp³-hybridized carbons (Fsp3) is 0.200. The van der Waals surface area contributed by atoms with Crippen LogP contribution in [0.4, 0.5) is 4.39 Å². The number of aromatic amines is 1. The number of hydrogen-bond acceptors (Lipinski definition) is 4. The van der Waals surface area contributed by atoms with Crippen LogP contribution in [0.15, 0.2) is 90.1 Å². The number of halogens is 1. The molecule has 0 radical (unpaired) electrons. The van der Waals surface area contributed by atoms with Gasteiger partial charge in [0.25, 0.3) is 5.56 Å². The van der Waals surface area contributed by atoms with Crippen LogP contribution in [0.25, 0.3) is 22.2 Å². The van der Waals surface area contributed by atoms with Gasteiger partial charge in [-0.3, -0.25) is 24.1 Å². The van der Waals surface area contributed by atoms with Gasteiger partial charge in [0.1, 0.15) is 11.5 Å². The number of aryl methyl sites for hydroxylation is 3. The van der Waals surface area contributed by atoms with Crippen LogP contribution in [0.2, 0.25) is 0 Å². The summed E-state index contributed by atoms with van der Waals surface area (Å²) in [5.74, 6) is -0.288. The second kappa shape index (κ2) is 11.1. The highest BCUT2D eigenvalue weighted by Gasteiger charge is 2.16. The Morgan fingerprint density at radius 3 is 2.57 bits per heavy atom. The van der Waals surface area contributed by atoms with Crippen molar-refractivity contribution in [2.75, 3.05) is 0 Å². The minimum Gasteiger partial charge on any atom is -0.358 e. The topological polar surface area (TPSA) is 80.6 Å². The average molecular weight is 495 g/mol. The van der Waals surface area contributed by atoms with E-state index in [0.29, 0.717) is 49.1 Å². The molecule has 0 aliphatic carbocycles. The first-order chi connectivity index (χ1) is 18.1. The number of hydrogen-bond donors (Lipinski definition) is 1. The summed E-state index contributed by atoms with van der Waals surface area (Å²) in [6.45, 7) is -0.0340. The van der Waals surface area contributed by atoms with Gasteiger partial charge in [-0.1, -0.05) is 48.5 Å². The molecule has 0 aliphatic heterocycles. The van der Waals surface area contributed by atoms with Crippen molar-refractivity contribution in [1.29, 1.82) is 0 Å². The molecule has 0 saturated carbocycles. The van der Waals surface area contributed by atoms with Gasteiger partial charge in [-0.15, -0.1) is 0 Å². The first kappa shape index (κ1) is 24.3. The number of benzene rings is 2. The van der Waals surface area contributed by atoms with Crippen molar-refractivity contribution in [1.82, 2.24) is 19.5 Å². The van der Waals surface area contributed by atoms with Gasteiger partial charge in [0.2, 0.25) is 0 Å². The summed E-state index contributed by atoms with van der Waals surface area (Å²) in [4.78, 5) is 38.4. The van der Waals surface area contributed by atoms with Crippen LogP contribution in [-0.2, 0) is 30.6 Å². The second-order valence-corrected chi connectivity index (χ2v) is 9.09. The van der Waals surface area contributed by atoms with Gasteiger partial charge in [0.15, 0.2) is 5.78 Å². The quantitative estimate of drug-likeness (QED) is 0.286. The standard InChI is InChI=1S/C30H27FN4O2/c31-26-11-5-4-7-21(26)10-6-12-28-30(37)35(29(19-33-28)22-8-2-1-3-9-22)20-25(36)14-13-24-17-23-18-32-16-15-27(23)34-24/h1-5,7-9,11,15-19,34H,6,10,12-14,20H2. The van der Waals surface area contributed by atoms with Crippen LogP contribution >= 0.6 is 0 Å². The van der Waals surface area contributed by atoms with Crippen LogP contribution in [0.5, 0.6) is 0 Å². The third-order valence-electron chi connectivity index (χ3n) is 6.50. The van der Waals surface area contributed by atoms with Crippen molar-refractivity contribution in [3.63, 3.8) is 0 Å². The van der Waals surface area contributed by atoms with Crippen molar-refractivity contribution in [2.45, 2.75) is 38.6 Å². The Balaban J connectivity index is 1.34. The Kier molecular flexibility index (Phi) is 7.31. The van der Waals surface area contributed by atoms with E-state index in [-0.39, 0.29) is 23.7 Å². The van der Waals surface area contributed by atoms with Crippen molar-refractivity contribution in [3.05, 3.63) is 118 Å². The number of pyridine rings is 1. The van der Waals surface area contributed by atoms with Crippen LogP contribution in [0.1, 0.15) is 29.8 Å². The molecule has 2 aromatic carbocycles. The highest BCUT2D eigenvalue weighted by Crippen LogP contribution is 2.19. The van der Waals surface area contributed by atoms with E-state index >= 15 is 0 Å². The van der Waals surface area contributed by atoms with E-state index < -0.39 is 0 Å². The Morgan fingerprint density at radius 2 is 1.76 bits per heavy atom. The first-order valence-corrected chi connectivity index (χ1v) is 12.4. The molecule has 3 aromatic heterocycles. The maximum absolute atomic E-state index is 14.0. The third kappa shape index (κ3) is 5.72. The Morgan fingerprint density at radius 1 is 0.946 bits per heavy atom. The number of Topliss-reactive ketones (excluding diaryl/α,β-unsaturated/α-hetero) is 1. The lowest BCUT2D eigenvalue weighted by molar-refractivity contribution is -0.119. The number of fused-ring (bicyclic) bond motifs is 1. The van der Waals surface area contributed by atoms with Gasteiger partial charge >= 0.3 is 0 Å². The molecule has 37 heavy (non-hydrogen) atoms. The molecule has 5 rings (SSSR count). The Bertz CT molecular complexity index is 1560. The highest BCUT2D eigenvalue weighted by molar-refractivity contribution is 5.81. The lowest BCUT2D eigenvalue weighted by atomic mass is 10.1. The summed E-state index contributed by atoms with van der Waals surface area (Å²) in [7, 11) is 0. The van der Waals surface area contributed by atoms with Gasteiger partial charge in [0.05, 0.1) is 18.4 Å². The minimum atomic E-state index is -0.278. The summed E-state index contributed by atoms with van der Waals surface area (Å²) >= 11 is 0. The third-order valence-corrected chi connectivity index (χ3v) is 6.50. The maximum atomic E-state index is 14.0. The van der Waals surface area contributed by atoms with Crippen molar-refractivity contribution >= 4 is 16.7 Å². The monoisotopic (exact) mass is 494 g/mol. The fourth-order valence-corrected chi connectivity index (χ4v) is 4.54. The van der Waals surface area contributed by atoms with Gasteiger partial charge in [-0.05, 0) is 55.0 Å². The van der Waals surface area contributed by atoms with Gasteiger partial charge < -0.3 is 4.98 Å². The molecule has 0 saturated heterocycles. The van der Waals surface area contributed by atoms with Crippen molar-refractivity contribution in [3.8, 4) is 11.3 Å². The molecule has 0 atom stereocenters. The molecule has 0 unspecified atom stereocenters. The van der Waals surface area contributed by atoms with Gasteiger partial charge in [-0.25, -0.2) is 4.39 Å². The number of aromatic nitrogens is 4. The number of nitrogens with zero attached hydrogens (tertiary/aromatic N) is 3. The van der Waals surface area contributed by atoms with Crippen LogP contribution in [0, 0.1) is 5.82 Å². The summed E-state index contributed by atoms with van der Waals surface area (Å²) in [5, 5.41) is 1.00. The zero-order valence-corrected chi connectivity index (χ0v) is 20.4. The van der Waals surface area contributed by atoms with Crippen molar-refractivity contribution < 1.29 is 9.18 Å². The molecule has 0 spiro atoms. The average Bonchev–Trinajstić information content (AvgIpc) is 3.34. The molecule has 0 fully saturated rings. The lowest BCUT2D eigenvalue weighted by Crippen LogP contribution is -2.29. The molecule has 0 bridgehead atoms. The smallest absolute Gasteiger partial charge is 0.273 e. The fourth-order valence-electron chi connectivity index (χ4n) is 4.54. The second-order valence-electron chi connectivity index (χ2n) is 9.09. The number of H-pyrrole nitrogens is 1. The molecule has 0 amide bonds. The van der Waals surface area contributed by atoms with Crippen LogP contribution < -0.4 is 5.56 Å². The summed E-state index contributed by atoms with van der Waals surface area (Å²) in [6, 6.07) is 20.0. The number of nitrogens with one attached hydrogen (secondary N) is 1.